The summed E-state index contributed by atoms with van der Waals surface area (Å²) in [5.74, 6) is 0.230. The van der Waals surface area contributed by atoms with Gasteiger partial charge in [0.05, 0.1) is 18.9 Å². The number of carbonyl (C=O) groups excluding carboxylic acids is 1. The van der Waals surface area contributed by atoms with Crippen LogP contribution in [0.3, 0.4) is 0 Å². The molecule has 1 fully saturated rings. The molecule has 0 unspecified atom stereocenters. The zero-order valence-electron chi connectivity index (χ0n) is 13.3. The Balaban J connectivity index is 1.59. The highest BCUT2D eigenvalue weighted by atomic mass is 32.2. The third-order valence-corrected chi connectivity index (χ3v) is 4.51. The highest BCUT2D eigenvalue weighted by molar-refractivity contribution is 7.99. The summed E-state index contributed by atoms with van der Waals surface area (Å²) in [6.07, 6.45) is 3.31. The number of nitrogens with one attached hydrogen (secondary N) is 1. The van der Waals surface area contributed by atoms with Crippen molar-refractivity contribution in [2.45, 2.75) is 18.2 Å². The molecule has 1 aliphatic heterocycles. The number of hydrogen-bond donors (Lipinski definition) is 1. The maximum atomic E-state index is 12.4. The molecule has 1 N–H and O–H groups in total. The average Bonchev–Trinajstić information content (AvgIpc) is 2.60. The van der Waals surface area contributed by atoms with Gasteiger partial charge < -0.3 is 14.6 Å². The highest BCUT2D eigenvalue weighted by Gasteiger charge is 2.25. The highest BCUT2D eigenvalue weighted by Crippen LogP contribution is 2.22. The first-order valence-electron chi connectivity index (χ1n) is 7.62. The van der Waals surface area contributed by atoms with Crippen molar-refractivity contribution in [1.82, 2.24) is 19.9 Å². The molecule has 0 aromatic carbocycles. The predicted molar refractivity (Wildman–Crippen MR) is 89.8 cm³/mol. The molecule has 0 bridgehead atoms. The van der Waals surface area contributed by atoms with Gasteiger partial charge in [-0.2, -0.15) is 0 Å². The van der Waals surface area contributed by atoms with Crippen molar-refractivity contribution in [2.75, 3.05) is 25.4 Å². The van der Waals surface area contributed by atoms with Crippen LogP contribution in [0.1, 0.15) is 17.4 Å². The lowest BCUT2D eigenvalue weighted by molar-refractivity contribution is -0.136. The molecule has 1 atom stereocenters. The molecule has 0 aliphatic carbocycles. The zero-order chi connectivity index (χ0) is 16.9. The van der Waals surface area contributed by atoms with Crippen LogP contribution in [0.4, 0.5) is 0 Å². The van der Waals surface area contributed by atoms with Gasteiger partial charge in [-0.1, -0.05) is 17.8 Å². The van der Waals surface area contributed by atoms with Gasteiger partial charge in [0.25, 0.3) is 5.56 Å². The van der Waals surface area contributed by atoms with Gasteiger partial charge in [-0.05, 0) is 13.0 Å². The third kappa shape index (κ3) is 4.21. The molecule has 0 spiro atoms. The fourth-order valence-electron chi connectivity index (χ4n) is 2.49. The monoisotopic (exact) mass is 346 g/mol. The maximum absolute atomic E-state index is 12.4. The molecule has 3 heterocycles. The molecule has 126 valence electrons. The van der Waals surface area contributed by atoms with Gasteiger partial charge in [0.2, 0.25) is 5.91 Å². The van der Waals surface area contributed by atoms with Gasteiger partial charge in [0.15, 0.2) is 5.16 Å². The summed E-state index contributed by atoms with van der Waals surface area (Å²) in [5, 5.41) is 0.463. The maximum Gasteiger partial charge on any atom is 0.251 e. The smallest absolute Gasteiger partial charge is 0.251 e. The first kappa shape index (κ1) is 16.7. The van der Waals surface area contributed by atoms with Crippen LogP contribution < -0.4 is 5.56 Å². The largest absolute Gasteiger partial charge is 0.370 e. The Labute approximate surface area is 143 Å². The molecule has 2 aromatic rings. The number of H-pyrrole nitrogens is 1. The first-order chi connectivity index (χ1) is 11.6. The van der Waals surface area contributed by atoms with Gasteiger partial charge in [-0.3, -0.25) is 14.6 Å². The summed E-state index contributed by atoms with van der Waals surface area (Å²) in [7, 11) is 0. The van der Waals surface area contributed by atoms with Crippen molar-refractivity contribution >= 4 is 17.7 Å². The summed E-state index contributed by atoms with van der Waals surface area (Å²) in [6.45, 7) is 3.31. The molecular formula is C16H18N4O3S. The minimum atomic E-state index is -0.208. The van der Waals surface area contributed by atoms with Gasteiger partial charge in [0.1, 0.15) is 6.10 Å². The fourth-order valence-corrected chi connectivity index (χ4v) is 3.31. The quantitative estimate of drug-likeness (QED) is 0.660. The molecule has 1 saturated heterocycles. The van der Waals surface area contributed by atoms with Crippen molar-refractivity contribution in [1.29, 1.82) is 0 Å². The van der Waals surface area contributed by atoms with Crippen molar-refractivity contribution in [3.63, 3.8) is 0 Å². The number of aryl methyl sites for hydroxylation is 1. The summed E-state index contributed by atoms with van der Waals surface area (Å²) in [6, 6.07) is 5.23. The SMILES string of the molecule is Cc1cc(=O)[nH]c(SCC(=O)N2CCO[C@@H](c3cccnc3)C2)n1. The normalized spacial score (nSPS) is 17.7. The van der Waals surface area contributed by atoms with Crippen LogP contribution in [0, 0.1) is 6.92 Å². The topological polar surface area (TPSA) is 88.2 Å². The van der Waals surface area contributed by atoms with Crippen LogP contribution in [0.2, 0.25) is 0 Å². The summed E-state index contributed by atoms with van der Waals surface area (Å²) in [5.41, 5.74) is 1.39. The predicted octanol–water partition coefficient (Wildman–Crippen LogP) is 1.17. The van der Waals surface area contributed by atoms with E-state index in [1.54, 1.807) is 24.2 Å². The van der Waals surface area contributed by atoms with E-state index in [2.05, 4.69) is 15.0 Å². The van der Waals surface area contributed by atoms with Crippen LogP contribution >= 0.6 is 11.8 Å². The number of hydrogen-bond acceptors (Lipinski definition) is 6. The molecule has 24 heavy (non-hydrogen) atoms. The Bertz CT molecular complexity index is 765. The van der Waals surface area contributed by atoms with E-state index >= 15 is 0 Å². The molecular weight excluding hydrogens is 328 g/mol. The number of ether oxygens (including phenoxy) is 1. The third-order valence-electron chi connectivity index (χ3n) is 3.66. The molecule has 3 rings (SSSR count). The number of thioether (sulfide) groups is 1. The fraction of sp³-hybridized carbons (Fsp3) is 0.375. The number of rotatable bonds is 4. The lowest BCUT2D eigenvalue weighted by atomic mass is 10.1. The van der Waals surface area contributed by atoms with Crippen LogP contribution in [0.15, 0.2) is 40.5 Å². The van der Waals surface area contributed by atoms with Crippen molar-refractivity contribution in [2.24, 2.45) is 0 Å². The Morgan fingerprint density at radius 3 is 3.17 bits per heavy atom. The van der Waals surface area contributed by atoms with Gasteiger partial charge in [-0.25, -0.2) is 4.98 Å². The van der Waals surface area contributed by atoms with E-state index in [1.165, 1.54) is 17.8 Å². The first-order valence-corrected chi connectivity index (χ1v) is 8.60. The Kier molecular flexibility index (Phi) is 5.27. The van der Waals surface area contributed by atoms with Crippen molar-refractivity contribution in [3.8, 4) is 0 Å². The van der Waals surface area contributed by atoms with E-state index in [1.807, 2.05) is 12.1 Å². The van der Waals surface area contributed by atoms with Crippen LogP contribution in [0.5, 0.6) is 0 Å². The molecule has 2 aromatic heterocycles. The standard InChI is InChI=1S/C16H18N4O3S/c1-11-7-14(21)19-16(18-11)24-10-15(22)20-5-6-23-13(9-20)12-3-2-4-17-8-12/h2-4,7-8,13H,5-6,9-10H2,1H3,(H,18,19,21)/t13-/m1/s1. The number of morpholine rings is 1. The second-order valence-electron chi connectivity index (χ2n) is 5.47. The number of aromatic amines is 1. The molecule has 1 aliphatic rings. The van der Waals surface area contributed by atoms with Crippen LogP contribution in [0.25, 0.3) is 0 Å². The molecule has 8 heteroatoms. The van der Waals surface area contributed by atoms with E-state index in [-0.39, 0.29) is 23.3 Å². The molecule has 7 nitrogen and oxygen atoms in total. The Morgan fingerprint density at radius 1 is 1.54 bits per heavy atom. The Morgan fingerprint density at radius 2 is 2.42 bits per heavy atom. The molecule has 0 radical (unpaired) electrons. The Hall–Kier alpha value is -2.19. The zero-order valence-corrected chi connectivity index (χ0v) is 14.1. The number of pyridine rings is 1. The lowest BCUT2D eigenvalue weighted by Crippen LogP contribution is -2.43. The van der Waals surface area contributed by atoms with E-state index in [0.29, 0.717) is 30.5 Å². The van der Waals surface area contributed by atoms with Crippen molar-refractivity contribution < 1.29 is 9.53 Å². The second-order valence-corrected chi connectivity index (χ2v) is 6.43. The minimum absolute atomic E-state index is 0.00125. The van der Waals surface area contributed by atoms with Gasteiger partial charge in [-0.15, -0.1) is 0 Å². The molecule has 0 saturated carbocycles. The van der Waals surface area contributed by atoms with Gasteiger partial charge in [0, 0.05) is 36.3 Å². The number of nitrogens with zero attached hydrogens (tertiary/aromatic N) is 3. The number of carbonyl (C=O) groups is 1. The number of amides is 1. The lowest BCUT2D eigenvalue weighted by Gasteiger charge is -2.33. The van der Waals surface area contributed by atoms with Gasteiger partial charge >= 0.3 is 0 Å². The second kappa shape index (κ2) is 7.59. The van der Waals surface area contributed by atoms with E-state index in [0.717, 1.165) is 5.56 Å². The van der Waals surface area contributed by atoms with Crippen molar-refractivity contribution in [3.05, 3.63) is 52.2 Å². The van der Waals surface area contributed by atoms with Crippen LogP contribution in [-0.4, -0.2) is 51.2 Å². The van der Waals surface area contributed by atoms with E-state index < -0.39 is 0 Å². The van der Waals surface area contributed by atoms with E-state index in [4.69, 9.17) is 4.74 Å². The summed E-state index contributed by atoms with van der Waals surface area (Å²) in [4.78, 5) is 36.6. The molecule has 1 amide bonds. The summed E-state index contributed by atoms with van der Waals surface area (Å²) >= 11 is 1.24. The minimum Gasteiger partial charge on any atom is -0.370 e. The van der Waals surface area contributed by atoms with Crippen LogP contribution in [-0.2, 0) is 9.53 Å². The number of aromatic nitrogens is 3. The summed E-state index contributed by atoms with van der Waals surface area (Å²) < 4.78 is 5.74. The van der Waals surface area contributed by atoms with E-state index in [9.17, 15) is 9.59 Å². The average molecular weight is 346 g/mol.